The molecule has 2 aromatic rings. The first kappa shape index (κ1) is 21.0. The molecular weight excluding hydrogens is 352 g/mol. The van der Waals surface area contributed by atoms with Gasteiger partial charge >= 0.3 is 0 Å². The molecule has 0 bridgehead atoms. The molecule has 0 saturated heterocycles. The Balaban J connectivity index is 1.80. The zero-order chi connectivity index (χ0) is 19.9. The minimum atomic E-state index is -0.730. The van der Waals surface area contributed by atoms with E-state index in [1.807, 2.05) is 18.2 Å². The van der Waals surface area contributed by atoms with Gasteiger partial charge in [0, 0.05) is 12.0 Å². The van der Waals surface area contributed by atoms with Crippen LogP contribution in [0.1, 0.15) is 68.6 Å². The molecule has 28 heavy (non-hydrogen) atoms. The lowest BCUT2D eigenvalue weighted by molar-refractivity contribution is 0.333. The molecule has 0 saturated carbocycles. The van der Waals surface area contributed by atoms with Gasteiger partial charge in [-0.25, -0.2) is 8.78 Å². The summed E-state index contributed by atoms with van der Waals surface area (Å²) in [6, 6.07) is 13.5. The Morgan fingerprint density at radius 2 is 1.82 bits per heavy atom. The smallest absolute Gasteiger partial charge is 0.159 e. The van der Waals surface area contributed by atoms with Crippen LogP contribution in [0.5, 0.6) is 0 Å². The molecule has 0 aromatic heterocycles. The van der Waals surface area contributed by atoms with Crippen molar-refractivity contribution in [3.05, 3.63) is 70.8 Å². The van der Waals surface area contributed by atoms with E-state index >= 15 is 0 Å². The molecule has 1 nitrogen and oxygen atoms in total. The number of halogens is 2. The minimum Gasteiger partial charge on any atom is -0.313 e. The first-order valence-corrected chi connectivity index (χ1v) is 10.9. The predicted molar refractivity (Wildman–Crippen MR) is 113 cm³/mol. The van der Waals surface area contributed by atoms with Crippen LogP contribution < -0.4 is 5.32 Å². The van der Waals surface area contributed by atoms with Crippen molar-refractivity contribution >= 4 is 0 Å². The van der Waals surface area contributed by atoms with E-state index in [1.54, 1.807) is 0 Å². The van der Waals surface area contributed by atoms with E-state index in [0.717, 1.165) is 36.9 Å². The summed E-state index contributed by atoms with van der Waals surface area (Å²) in [6.45, 7) is 5.50. The molecule has 3 heteroatoms. The van der Waals surface area contributed by atoms with Crippen LogP contribution in [-0.2, 0) is 12.8 Å². The Morgan fingerprint density at radius 3 is 2.54 bits per heavy atom. The van der Waals surface area contributed by atoms with Crippen molar-refractivity contribution in [2.45, 2.75) is 70.8 Å². The van der Waals surface area contributed by atoms with E-state index in [2.05, 4.69) is 31.3 Å². The van der Waals surface area contributed by atoms with E-state index in [9.17, 15) is 8.78 Å². The van der Waals surface area contributed by atoms with Crippen LogP contribution in [-0.4, -0.2) is 12.6 Å². The topological polar surface area (TPSA) is 12.0 Å². The average Bonchev–Trinajstić information content (AvgIpc) is 2.71. The SMILES string of the molecule is CCCCC(CC)CNC1CCc2cc(F)c(F)cc2C1Cc1ccccc1. The number of fused-ring (bicyclic) bond motifs is 1. The van der Waals surface area contributed by atoms with Crippen LogP contribution in [0.25, 0.3) is 0 Å². The maximum absolute atomic E-state index is 14.1. The van der Waals surface area contributed by atoms with Gasteiger partial charge in [0.15, 0.2) is 11.6 Å². The number of aryl methyl sites for hydroxylation is 1. The third-order valence-corrected chi connectivity index (χ3v) is 6.30. The third kappa shape index (κ3) is 5.20. The van der Waals surface area contributed by atoms with Crippen molar-refractivity contribution in [1.82, 2.24) is 5.32 Å². The highest BCUT2D eigenvalue weighted by Gasteiger charge is 2.31. The van der Waals surface area contributed by atoms with Gasteiger partial charge in [0.2, 0.25) is 0 Å². The fourth-order valence-electron chi connectivity index (χ4n) is 4.52. The molecule has 0 aliphatic heterocycles. The second-order valence-corrected chi connectivity index (χ2v) is 8.23. The second-order valence-electron chi connectivity index (χ2n) is 8.23. The summed E-state index contributed by atoms with van der Waals surface area (Å²) in [7, 11) is 0. The van der Waals surface area contributed by atoms with Gasteiger partial charge in [-0.2, -0.15) is 0 Å². The molecule has 3 atom stereocenters. The third-order valence-electron chi connectivity index (χ3n) is 6.30. The van der Waals surface area contributed by atoms with E-state index < -0.39 is 11.6 Å². The molecule has 3 rings (SSSR count). The van der Waals surface area contributed by atoms with E-state index in [1.165, 1.54) is 43.4 Å². The molecule has 1 aliphatic carbocycles. The highest BCUT2D eigenvalue weighted by atomic mass is 19.2. The number of hydrogen-bond acceptors (Lipinski definition) is 1. The molecule has 2 aromatic carbocycles. The van der Waals surface area contributed by atoms with Gasteiger partial charge in [0.25, 0.3) is 0 Å². The van der Waals surface area contributed by atoms with Crippen LogP contribution in [0.4, 0.5) is 8.78 Å². The molecule has 152 valence electrons. The normalized spacial score (nSPS) is 20.0. The van der Waals surface area contributed by atoms with Gasteiger partial charge in [0.05, 0.1) is 0 Å². The van der Waals surface area contributed by atoms with Gasteiger partial charge < -0.3 is 5.32 Å². The summed E-state index contributed by atoms with van der Waals surface area (Å²) >= 11 is 0. The number of benzene rings is 2. The van der Waals surface area contributed by atoms with Gasteiger partial charge in [-0.05, 0) is 67.0 Å². The van der Waals surface area contributed by atoms with Crippen molar-refractivity contribution < 1.29 is 8.78 Å². The standard InChI is InChI=1S/C25H33F2N/c1-3-5-9-18(4-2)17-28-25-13-12-20-15-23(26)24(27)16-21(20)22(25)14-19-10-7-6-8-11-19/h6-8,10-11,15-16,18,22,25,28H,3-5,9,12-14,17H2,1-2H3. The lowest BCUT2D eigenvalue weighted by Gasteiger charge is -2.35. The second kappa shape index (κ2) is 10.2. The van der Waals surface area contributed by atoms with Crippen molar-refractivity contribution in [2.75, 3.05) is 6.54 Å². The quantitative estimate of drug-likeness (QED) is 0.526. The molecule has 1 N–H and O–H groups in total. The zero-order valence-corrected chi connectivity index (χ0v) is 17.2. The van der Waals surface area contributed by atoms with Crippen LogP contribution in [0, 0.1) is 17.6 Å². The summed E-state index contributed by atoms with van der Waals surface area (Å²) in [4.78, 5) is 0. The average molecular weight is 386 g/mol. The summed E-state index contributed by atoms with van der Waals surface area (Å²) in [5, 5.41) is 3.81. The van der Waals surface area contributed by atoms with Crippen molar-refractivity contribution in [1.29, 1.82) is 0 Å². The number of hydrogen-bond donors (Lipinski definition) is 1. The number of nitrogens with one attached hydrogen (secondary N) is 1. The maximum Gasteiger partial charge on any atom is 0.159 e. The Bertz CT molecular complexity index is 744. The summed E-state index contributed by atoms with van der Waals surface area (Å²) < 4.78 is 27.8. The van der Waals surface area contributed by atoms with Gasteiger partial charge in [-0.3, -0.25) is 0 Å². The lowest BCUT2D eigenvalue weighted by atomic mass is 9.76. The molecule has 0 heterocycles. The minimum absolute atomic E-state index is 0.171. The van der Waals surface area contributed by atoms with Crippen LogP contribution in [0.2, 0.25) is 0 Å². The molecule has 0 amide bonds. The molecule has 1 aliphatic rings. The number of rotatable bonds is 9. The van der Waals surface area contributed by atoms with E-state index in [-0.39, 0.29) is 5.92 Å². The molecule has 3 unspecified atom stereocenters. The Hall–Kier alpha value is -1.74. The predicted octanol–water partition coefficient (Wildman–Crippen LogP) is 6.41. The van der Waals surface area contributed by atoms with Crippen LogP contribution >= 0.6 is 0 Å². The van der Waals surface area contributed by atoms with Crippen molar-refractivity contribution in [2.24, 2.45) is 5.92 Å². The number of unbranched alkanes of at least 4 members (excludes halogenated alkanes) is 1. The first-order chi connectivity index (χ1) is 13.6. The van der Waals surface area contributed by atoms with Gasteiger partial charge in [0.1, 0.15) is 0 Å². The van der Waals surface area contributed by atoms with Crippen LogP contribution in [0.15, 0.2) is 42.5 Å². The Morgan fingerprint density at radius 1 is 1.07 bits per heavy atom. The summed E-state index contributed by atoms with van der Waals surface area (Å²) in [5.41, 5.74) is 3.19. The monoisotopic (exact) mass is 385 g/mol. The molecule has 0 radical (unpaired) electrons. The Kier molecular flexibility index (Phi) is 7.61. The largest absolute Gasteiger partial charge is 0.313 e. The summed E-state index contributed by atoms with van der Waals surface area (Å²) in [6.07, 6.45) is 7.57. The molecular formula is C25H33F2N. The maximum atomic E-state index is 14.1. The highest BCUT2D eigenvalue weighted by molar-refractivity contribution is 5.37. The lowest BCUT2D eigenvalue weighted by Crippen LogP contribution is -2.41. The van der Waals surface area contributed by atoms with E-state index in [0.29, 0.717) is 12.0 Å². The molecule has 0 fully saturated rings. The van der Waals surface area contributed by atoms with E-state index in [4.69, 9.17) is 0 Å². The summed E-state index contributed by atoms with van der Waals surface area (Å²) in [5.74, 6) is -0.602. The van der Waals surface area contributed by atoms with Crippen molar-refractivity contribution in [3.63, 3.8) is 0 Å². The highest BCUT2D eigenvalue weighted by Crippen LogP contribution is 2.36. The first-order valence-electron chi connectivity index (χ1n) is 10.9. The molecule has 0 spiro atoms. The van der Waals surface area contributed by atoms with Crippen molar-refractivity contribution in [3.8, 4) is 0 Å². The van der Waals surface area contributed by atoms with Crippen LogP contribution in [0.3, 0.4) is 0 Å². The fraction of sp³-hybridized carbons (Fsp3) is 0.520. The van der Waals surface area contributed by atoms with Gasteiger partial charge in [-0.15, -0.1) is 0 Å². The Labute approximate surface area is 168 Å². The zero-order valence-electron chi connectivity index (χ0n) is 17.2. The van der Waals surface area contributed by atoms with Gasteiger partial charge in [-0.1, -0.05) is 63.4 Å². The fourth-order valence-corrected chi connectivity index (χ4v) is 4.52.